The van der Waals surface area contributed by atoms with Crippen LogP contribution in [0.2, 0.25) is 5.02 Å². The molecule has 3 rings (SSSR count). The van der Waals surface area contributed by atoms with Crippen molar-refractivity contribution in [3.63, 3.8) is 0 Å². The number of hydrogen-bond acceptors (Lipinski definition) is 5. The average Bonchev–Trinajstić information content (AvgIpc) is 2.82. The predicted octanol–water partition coefficient (Wildman–Crippen LogP) is 4.17. The second-order valence-corrected chi connectivity index (χ2v) is 6.63. The van der Waals surface area contributed by atoms with E-state index in [1.807, 2.05) is 19.1 Å². The minimum Gasteiger partial charge on any atom is -0.486 e. The number of fused-ring (bicyclic) bond motifs is 1. The highest BCUT2D eigenvalue weighted by Crippen LogP contribution is 2.39. The third kappa shape index (κ3) is 2.99. The zero-order chi connectivity index (χ0) is 13.2. The van der Waals surface area contributed by atoms with Crippen molar-refractivity contribution in [3.8, 4) is 11.5 Å². The summed E-state index contributed by atoms with van der Waals surface area (Å²) in [7, 11) is 0. The third-order valence-corrected chi connectivity index (χ3v) is 5.11. The smallest absolute Gasteiger partial charge is 0.179 e. The van der Waals surface area contributed by atoms with Crippen LogP contribution in [0.5, 0.6) is 11.5 Å². The van der Waals surface area contributed by atoms with Crippen LogP contribution < -0.4 is 9.47 Å². The number of nitrogens with zero attached hydrogens (tertiary/aromatic N) is 1. The Hall–Kier alpha value is -0.910. The Morgan fingerprint density at radius 1 is 1.37 bits per heavy atom. The zero-order valence-electron chi connectivity index (χ0n) is 10.3. The molecule has 1 aliphatic rings. The van der Waals surface area contributed by atoms with Gasteiger partial charge in [-0.2, -0.15) is 0 Å². The van der Waals surface area contributed by atoms with E-state index in [1.54, 1.807) is 23.1 Å². The van der Waals surface area contributed by atoms with Crippen molar-refractivity contribution < 1.29 is 9.47 Å². The maximum atomic E-state index is 6.21. The van der Waals surface area contributed by atoms with Gasteiger partial charge in [-0.05, 0) is 24.6 Å². The largest absolute Gasteiger partial charge is 0.486 e. The summed E-state index contributed by atoms with van der Waals surface area (Å²) in [6.45, 7) is 3.13. The fraction of sp³-hybridized carbons (Fsp3) is 0.308. The van der Waals surface area contributed by atoms with Gasteiger partial charge >= 0.3 is 0 Å². The highest BCUT2D eigenvalue weighted by atomic mass is 35.5. The number of halogens is 1. The molecule has 0 saturated heterocycles. The zero-order valence-corrected chi connectivity index (χ0v) is 12.7. The Bertz CT molecular complexity index is 600. The Balaban J connectivity index is 1.76. The van der Waals surface area contributed by atoms with E-state index in [-0.39, 0.29) is 0 Å². The lowest BCUT2D eigenvalue weighted by molar-refractivity contribution is 0.171. The van der Waals surface area contributed by atoms with Gasteiger partial charge in [-0.1, -0.05) is 23.4 Å². The molecular weight excluding hydrogens is 302 g/mol. The lowest BCUT2D eigenvalue weighted by Gasteiger charge is -2.20. The van der Waals surface area contributed by atoms with Gasteiger partial charge in [0.25, 0.3) is 0 Å². The van der Waals surface area contributed by atoms with Crippen LogP contribution in [0.25, 0.3) is 0 Å². The Morgan fingerprint density at radius 3 is 3.00 bits per heavy atom. The van der Waals surface area contributed by atoms with Crippen LogP contribution in [-0.2, 0) is 5.75 Å². The van der Waals surface area contributed by atoms with Gasteiger partial charge < -0.3 is 9.47 Å². The van der Waals surface area contributed by atoms with Gasteiger partial charge in [0.05, 0.1) is 5.02 Å². The Labute approximate surface area is 124 Å². The van der Waals surface area contributed by atoms with Gasteiger partial charge in [-0.25, -0.2) is 4.98 Å². The summed E-state index contributed by atoms with van der Waals surface area (Å²) in [5, 5.41) is 2.67. The second-order valence-electron chi connectivity index (χ2n) is 4.15. The Morgan fingerprint density at radius 2 is 2.21 bits per heavy atom. The van der Waals surface area contributed by atoms with Gasteiger partial charge in [0.15, 0.2) is 11.5 Å². The quantitative estimate of drug-likeness (QED) is 0.796. The number of thioether (sulfide) groups is 1. The van der Waals surface area contributed by atoms with E-state index in [0.29, 0.717) is 24.0 Å². The van der Waals surface area contributed by atoms with Gasteiger partial charge in [0.2, 0.25) is 0 Å². The van der Waals surface area contributed by atoms with E-state index in [4.69, 9.17) is 21.1 Å². The molecule has 0 N–H and O–H groups in total. The molecule has 2 aromatic rings. The van der Waals surface area contributed by atoms with E-state index in [2.05, 4.69) is 10.4 Å². The van der Waals surface area contributed by atoms with Crippen LogP contribution in [0.3, 0.4) is 0 Å². The van der Waals surface area contributed by atoms with Crippen molar-refractivity contribution in [2.45, 2.75) is 17.0 Å². The van der Waals surface area contributed by atoms with Crippen molar-refractivity contribution in [1.82, 2.24) is 4.98 Å². The number of hydrogen-bond donors (Lipinski definition) is 0. The molecule has 0 fully saturated rings. The van der Waals surface area contributed by atoms with Crippen molar-refractivity contribution >= 4 is 34.7 Å². The highest BCUT2D eigenvalue weighted by molar-refractivity contribution is 8.00. The number of rotatable bonds is 3. The van der Waals surface area contributed by atoms with Crippen molar-refractivity contribution in [2.24, 2.45) is 0 Å². The first kappa shape index (κ1) is 13.1. The molecule has 1 aromatic carbocycles. The molecule has 0 amide bonds. The standard InChI is InChI=1S/C13H12ClNO2S2/c1-8-6-18-13(15-8)19-7-9-4-10(14)12-11(5-9)16-2-3-17-12/h4-6H,2-3,7H2,1H3. The molecule has 3 nitrogen and oxygen atoms in total. The fourth-order valence-electron chi connectivity index (χ4n) is 1.79. The van der Waals surface area contributed by atoms with E-state index in [1.165, 1.54) is 0 Å². The number of aromatic nitrogens is 1. The monoisotopic (exact) mass is 313 g/mol. The van der Waals surface area contributed by atoms with Crippen LogP contribution in [-0.4, -0.2) is 18.2 Å². The molecule has 0 bridgehead atoms. The first-order valence-electron chi connectivity index (χ1n) is 5.85. The van der Waals surface area contributed by atoms with E-state index in [9.17, 15) is 0 Å². The van der Waals surface area contributed by atoms with Gasteiger partial charge in [-0.15, -0.1) is 11.3 Å². The average molecular weight is 314 g/mol. The summed E-state index contributed by atoms with van der Waals surface area (Å²) in [6.07, 6.45) is 0. The summed E-state index contributed by atoms with van der Waals surface area (Å²) < 4.78 is 12.1. The normalized spacial score (nSPS) is 13.6. The summed E-state index contributed by atoms with van der Waals surface area (Å²) in [4.78, 5) is 4.43. The van der Waals surface area contributed by atoms with Crippen LogP contribution in [0.1, 0.15) is 11.3 Å². The molecule has 2 heterocycles. The summed E-state index contributed by atoms with van der Waals surface area (Å²) >= 11 is 9.58. The third-order valence-electron chi connectivity index (χ3n) is 2.62. The molecular formula is C13H12ClNO2S2. The minimum absolute atomic E-state index is 0.555. The fourth-order valence-corrected chi connectivity index (χ4v) is 3.86. The van der Waals surface area contributed by atoms with E-state index in [0.717, 1.165) is 27.1 Å². The molecule has 0 unspecified atom stereocenters. The van der Waals surface area contributed by atoms with Crippen LogP contribution in [0.4, 0.5) is 0 Å². The molecule has 0 atom stereocenters. The molecule has 1 aliphatic heterocycles. The van der Waals surface area contributed by atoms with Gasteiger partial charge in [0, 0.05) is 16.8 Å². The molecule has 6 heteroatoms. The maximum Gasteiger partial charge on any atom is 0.179 e. The SMILES string of the molecule is Cc1csc(SCc2cc(Cl)c3c(c2)OCCO3)n1. The summed E-state index contributed by atoms with van der Waals surface area (Å²) in [5.41, 5.74) is 2.18. The summed E-state index contributed by atoms with van der Waals surface area (Å²) in [6, 6.07) is 3.93. The predicted molar refractivity (Wildman–Crippen MR) is 78.9 cm³/mol. The van der Waals surface area contributed by atoms with E-state index >= 15 is 0 Å². The summed E-state index contributed by atoms with van der Waals surface area (Å²) in [5.74, 6) is 2.22. The minimum atomic E-state index is 0.555. The molecule has 100 valence electrons. The molecule has 0 radical (unpaired) electrons. The lowest BCUT2D eigenvalue weighted by atomic mass is 10.2. The first-order chi connectivity index (χ1) is 9.22. The number of aryl methyl sites for hydroxylation is 1. The van der Waals surface area contributed by atoms with Crippen LogP contribution in [0, 0.1) is 6.92 Å². The Kier molecular flexibility index (Phi) is 3.86. The molecule has 0 aliphatic carbocycles. The van der Waals surface area contributed by atoms with Crippen molar-refractivity contribution in [2.75, 3.05) is 13.2 Å². The van der Waals surface area contributed by atoms with Gasteiger partial charge in [0.1, 0.15) is 17.6 Å². The highest BCUT2D eigenvalue weighted by Gasteiger charge is 2.16. The van der Waals surface area contributed by atoms with Gasteiger partial charge in [-0.3, -0.25) is 0 Å². The van der Waals surface area contributed by atoms with Crippen LogP contribution >= 0.6 is 34.7 Å². The first-order valence-corrected chi connectivity index (χ1v) is 8.09. The lowest BCUT2D eigenvalue weighted by Crippen LogP contribution is -2.15. The topological polar surface area (TPSA) is 31.4 Å². The van der Waals surface area contributed by atoms with E-state index < -0.39 is 0 Å². The maximum absolute atomic E-state index is 6.21. The molecule has 19 heavy (non-hydrogen) atoms. The van der Waals surface area contributed by atoms with Crippen molar-refractivity contribution in [1.29, 1.82) is 0 Å². The molecule has 0 saturated carbocycles. The second kappa shape index (κ2) is 5.61. The number of benzene rings is 1. The number of ether oxygens (including phenoxy) is 2. The molecule has 1 aromatic heterocycles. The van der Waals surface area contributed by atoms with Crippen molar-refractivity contribution in [3.05, 3.63) is 33.8 Å². The van der Waals surface area contributed by atoms with Crippen LogP contribution in [0.15, 0.2) is 21.9 Å². The number of thiazole rings is 1. The molecule has 0 spiro atoms.